The van der Waals surface area contributed by atoms with Gasteiger partial charge >= 0.3 is 0 Å². The monoisotopic (exact) mass is 395 g/mol. The molecule has 0 saturated carbocycles. The van der Waals surface area contributed by atoms with Crippen LogP contribution in [0.1, 0.15) is 60.3 Å². The van der Waals surface area contributed by atoms with Gasteiger partial charge < -0.3 is 14.2 Å². The molecule has 1 amide bonds. The lowest BCUT2D eigenvalue weighted by molar-refractivity contribution is -0.00451. The summed E-state index contributed by atoms with van der Waals surface area (Å²) in [5.74, 6) is 2.36. The minimum atomic E-state index is -0.0100. The predicted octanol–water partition coefficient (Wildman–Crippen LogP) is 3.51. The first-order valence-corrected chi connectivity index (χ1v) is 10.7. The van der Waals surface area contributed by atoms with Gasteiger partial charge in [0.1, 0.15) is 5.75 Å². The first kappa shape index (κ1) is 18.7. The Labute approximate surface area is 171 Å². The lowest BCUT2D eigenvalue weighted by Crippen LogP contribution is -2.60. The number of aromatic nitrogens is 1. The van der Waals surface area contributed by atoms with Gasteiger partial charge in [0.15, 0.2) is 0 Å². The van der Waals surface area contributed by atoms with Crippen LogP contribution in [0.2, 0.25) is 0 Å². The summed E-state index contributed by atoms with van der Waals surface area (Å²) in [6, 6.07) is 10.8. The van der Waals surface area contributed by atoms with Gasteiger partial charge in [-0.15, -0.1) is 0 Å². The number of ether oxygens (including phenoxy) is 1. The molecule has 2 aromatic rings. The van der Waals surface area contributed by atoms with Crippen molar-refractivity contribution in [1.82, 2.24) is 15.0 Å². The van der Waals surface area contributed by atoms with Crippen LogP contribution in [0.5, 0.6) is 5.75 Å². The molecule has 0 N–H and O–H groups in total. The fourth-order valence-corrected chi connectivity index (χ4v) is 5.60. The van der Waals surface area contributed by atoms with E-state index in [0.29, 0.717) is 23.6 Å². The molecule has 4 aliphatic rings. The van der Waals surface area contributed by atoms with Crippen LogP contribution in [0.4, 0.5) is 0 Å². The molecule has 1 aromatic heterocycles. The standard InChI is InChI=1S/C23H29N3O3/c1-14(2)19-12-20(29-24-19)23(27)26-13-18(15-4-6-17(28-3)7-5-15)22-21(26)16-8-10-25(22)11-9-16/h4-7,12,14,16,18,21-22H,8-11,13H2,1-3H3. The third-order valence-corrected chi connectivity index (χ3v) is 7.13. The molecule has 0 spiro atoms. The Bertz CT molecular complexity index is 883. The molecule has 154 valence electrons. The van der Waals surface area contributed by atoms with E-state index >= 15 is 0 Å². The third kappa shape index (κ3) is 3.05. The maximum atomic E-state index is 13.4. The van der Waals surface area contributed by atoms with Crippen LogP contribution in [0.25, 0.3) is 0 Å². The topological polar surface area (TPSA) is 58.8 Å². The van der Waals surface area contributed by atoms with Gasteiger partial charge in [-0.25, -0.2) is 0 Å². The van der Waals surface area contributed by atoms with Crippen molar-refractivity contribution in [3.63, 3.8) is 0 Å². The van der Waals surface area contributed by atoms with Crippen molar-refractivity contribution in [2.24, 2.45) is 5.92 Å². The van der Waals surface area contributed by atoms with Crippen LogP contribution < -0.4 is 4.74 Å². The molecule has 4 aliphatic heterocycles. The van der Waals surface area contributed by atoms with Gasteiger partial charge in [-0.1, -0.05) is 31.1 Å². The first-order valence-electron chi connectivity index (χ1n) is 10.7. The molecule has 6 rings (SSSR count). The molecule has 6 nitrogen and oxygen atoms in total. The quantitative estimate of drug-likeness (QED) is 0.793. The Morgan fingerprint density at radius 1 is 1.17 bits per heavy atom. The average Bonchev–Trinajstić information content (AvgIpc) is 3.41. The van der Waals surface area contributed by atoms with Crippen LogP contribution >= 0.6 is 0 Å². The molecule has 1 aromatic carbocycles. The van der Waals surface area contributed by atoms with Crippen molar-refractivity contribution >= 4 is 5.91 Å². The molecule has 3 atom stereocenters. The average molecular weight is 396 g/mol. The zero-order valence-electron chi connectivity index (χ0n) is 17.4. The van der Waals surface area contributed by atoms with E-state index in [0.717, 1.165) is 31.1 Å². The Hall–Kier alpha value is -2.34. The molecule has 4 saturated heterocycles. The van der Waals surface area contributed by atoms with Gasteiger partial charge in [0.05, 0.1) is 18.8 Å². The van der Waals surface area contributed by atoms with Crippen molar-refractivity contribution in [1.29, 1.82) is 0 Å². The van der Waals surface area contributed by atoms with Crippen LogP contribution in [-0.4, -0.2) is 59.7 Å². The maximum absolute atomic E-state index is 13.4. The number of hydrogen-bond donors (Lipinski definition) is 0. The fourth-order valence-electron chi connectivity index (χ4n) is 5.60. The third-order valence-electron chi connectivity index (χ3n) is 7.13. The number of rotatable bonds is 4. The minimum absolute atomic E-state index is 0.0100. The van der Waals surface area contributed by atoms with Crippen LogP contribution in [0.15, 0.2) is 34.9 Å². The number of benzene rings is 1. The summed E-state index contributed by atoms with van der Waals surface area (Å²) < 4.78 is 10.8. The molecule has 6 heteroatoms. The number of likely N-dealkylation sites (tertiary alicyclic amines) is 1. The van der Waals surface area contributed by atoms with Crippen molar-refractivity contribution in [3.05, 3.63) is 47.3 Å². The summed E-state index contributed by atoms with van der Waals surface area (Å²) in [5.41, 5.74) is 2.12. The molecule has 5 heterocycles. The van der Waals surface area contributed by atoms with E-state index in [2.05, 4.69) is 40.9 Å². The van der Waals surface area contributed by atoms with E-state index in [1.54, 1.807) is 7.11 Å². The highest BCUT2D eigenvalue weighted by atomic mass is 16.5. The summed E-state index contributed by atoms with van der Waals surface area (Å²) >= 11 is 0. The molecular formula is C23H29N3O3. The molecule has 29 heavy (non-hydrogen) atoms. The number of piperidine rings is 3. The zero-order chi connectivity index (χ0) is 20.1. The van der Waals surface area contributed by atoms with Crippen LogP contribution in [0.3, 0.4) is 0 Å². The van der Waals surface area contributed by atoms with Gasteiger partial charge in [0.2, 0.25) is 5.76 Å². The van der Waals surface area contributed by atoms with Gasteiger partial charge in [-0.2, -0.15) is 0 Å². The van der Waals surface area contributed by atoms with E-state index in [-0.39, 0.29) is 17.9 Å². The summed E-state index contributed by atoms with van der Waals surface area (Å²) in [7, 11) is 1.69. The minimum Gasteiger partial charge on any atom is -0.497 e. The highest BCUT2D eigenvalue weighted by molar-refractivity contribution is 5.92. The predicted molar refractivity (Wildman–Crippen MR) is 109 cm³/mol. The Morgan fingerprint density at radius 3 is 2.52 bits per heavy atom. The SMILES string of the molecule is COc1ccc(C2CN(C(=O)c3cc(C(C)C)no3)C3C4CCN(CC4)C23)cc1. The fraction of sp³-hybridized carbons (Fsp3) is 0.565. The number of methoxy groups -OCH3 is 1. The van der Waals surface area contributed by atoms with Gasteiger partial charge in [0.25, 0.3) is 5.91 Å². The molecular weight excluding hydrogens is 366 g/mol. The second-order valence-electron chi connectivity index (χ2n) is 8.96. The maximum Gasteiger partial charge on any atom is 0.292 e. The van der Waals surface area contributed by atoms with Crippen molar-refractivity contribution in [2.45, 2.75) is 50.6 Å². The number of carbonyl (C=O) groups is 1. The van der Waals surface area contributed by atoms with Crippen molar-refractivity contribution in [3.8, 4) is 5.75 Å². The number of fused-ring (bicyclic) bond motifs is 2. The van der Waals surface area contributed by atoms with E-state index in [1.165, 1.54) is 18.4 Å². The van der Waals surface area contributed by atoms with E-state index in [9.17, 15) is 4.79 Å². The lowest BCUT2D eigenvalue weighted by atomic mass is 9.75. The van der Waals surface area contributed by atoms with E-state index in [1.807, 2.05) is 18.2 Å². The Morgan fingerprint density at radius 2 is 1.90 bits per heavy atom. The highest BCUT2D eigenvalue weighted by Gasteiger charge is 2.55. The van der Waals surface area contributed by atoms with E-state index < -0.39 is 0 Å². The summed E-state index contributed by atoms with van der Waals surface area (Å²) in [5, 5.41) is 4.11. The van der Waals surface area contributed by atoms with Crippen molar-refractivity contribution in [2.75, 3.05) is 26.7 Å². The second-order valence-corrected chi connectivity index (χ2v) is 8.96. The number of carbonyl (C=O) groups excluding carboxylic acids is 1. The second kappa shape index (κ2) is 7.17. The number of hydrogen-bond acceptors (Lipinski definition) is 5. The largest absolute Gasteiger partial charge is 0.497 e. The lowest BCUT2D eigenvalue weighted by Gasteiger charge is -2.51. The molecule has 4 fully saturated rings. The van der Waals surface area contributed by atoms with Gasteiger partial charge in [-0.05, 0) is 55.5 Å². The Kier molecular flexibility index (Phi) is 4.62. The molecule has 0 aliphatic carbocycles. The first-order chi connectivity index (χ1) is 14.1. The molecule has 3 unspecified atom stereocenters. The molecule has 2 bridgehead atoms. The summed E-state index contributed by atoms with van der Waals surface area (Å²) in [4.78, 5) is 18.1. The number of amides is 1. The highest BCUT2D eigenvalue weighted by Crippen LogP contribution is 2.47. The smallest absolute Gasteiger partial charge is 0.292 e. The zero-order valence-corrected chi connectivity index (χ0v) is 17.4. The van der Waals surface area contributed by atoms with Gasteiger partial charge in [0, 0.05) is 24.6 Å². The van der Waals surface area contributed by atoms with Crippen LogP contribution in [0, 0.1) is 5.92 Å². The van der Waals surface area contributed by atoms with E-state index in [4.69, 9.17) is 9.26 Å². The summed E-state index contributed by atoms with van der Waals surface area (Å²) in [6.07, 6.45) is 2.35. The normalized spacial score (nSPS) is 30.6. The van der Waals surface area contributed by atoms with Crippen LogP contribution in [-0.2, 0) is 0 Å². The van der Waals surface area contributed by atoms with Crippen molar-refractivity contribution < 1.29 is 14.1 Å². The summed E-state index contributed by atoms with van der Waals surface area (Å²) in [6.45, 7) is 7.13. The number of nitrogens with zero attached hydrogens (tertiary/aromatic N) is 3. The Balaban J connectivity index is 1.48. The molecule has 0 radical (unpaired) electrons. The van der Waals surface area contributed by atoms with Gasteiger partial charge in [-0.3, -0.25) is 9.69 Å².